The number of hydrogen-bond acceptors (Lipinski definition) is 24. The first-order chi connectivity index (χ1) is 63.0. The summed E-state index contributed by atoms with van der Waals surface area (Å²) in [6.45, 7) is 22.5. The molecule has 27 nitrogen and oxygen atoms in total. The third-order valence-corrected chi connectivity index (χ3v) is 22.5. The number of aromatic carboxylic acids is 1. The number of pyridine rings is 3. The van der Waals surface area contributed by atoms with Gasteiger partial charge in [-0.3, -0.25) is 64.0 Å². The van der Waals surface area contributed by atoms with Gasteiger partial charge in [0.05, 0.1) is 85.5 Å². The van der Waals surface area contributed by atoms with Crippen molar-refractivity contribution in [3.8, 4) is 62.1 Å². The number of nitrogens with two attached hydrogens (primary N) is 1. The summed E-state index contributed by atoms with van der Waals surface area (Å²) < 4.78 is 116. The molecule has 0 aliphatic carbocycles. The van der Waals surface area contributed by atoms with E-state index in [1.807, 2.05) is 24.4 Å². The number of hydrogen-bond donors (Lipinski definition) is 5. The van der Waals surface area contributed by atoms with Gasteiger partial charge in [-0.15, -0.1) is 0 Å². The van der Waals surface area contributed by atoms with Crippen LogP contribution in [0.4, 0.5) is 43.8 Å². The van der Waals surface area contributed by atoms with Crippen LogP contribution in [0.25, 0.3) is 66.5 Å². The molecule has 670 valence electrons. The topological polar surface area (TPSA) is 312 Å². The number of fused-ring (bicyclic) bond motifs is 3. The van der Waals surface area contributed by atoms with E-state index in [0.717, 1.165) is 135 Å². The number of ether oxygens (including phenoxy) is 5. The van der Waals surface area contributed by atoms with Gasteiger partial charge in [-0.25, -0.2) is 46.1 Å². The molecule has 0 unspecified atom stereocenters. The van der Waals surface area contributed by atoms with Gasteiger partial charge in [-0.05, 0) is 96.6 Å². The number of carbonyl (C=O) groups is 3. The molecule has 0 spiro atoms. The molecule has 0 radical (unpaired) electrons. The van der Waals surface area contributed by atoms with E-state index in [9.17, 15) is 28.3 Å². The quantitative estimate of drug-likeness (QED) is 0.0372. The monoisotopic (exact) mass is 1770 g/mol. The van der Waals surface area contributed by atoms with Crippen LogP contribution in [0.1, 0.15) is 75.6 Å². The Morgan fingerprint density at radius 3 is 0.969 bits per heavy atom. The fourth-order valence-electron chi connectivity index (χ4n) is 15.5. The SMILES string of the molecule is COc1cc(C)c(F)c(-c2ccc(C(=O)O)c3nccnc23)c1F.COc1cc(OC)c(F)c(-c2ccc(C(=O)Nc3ccc(CN4CCN(Cc5ccc(C)cc5)CC4)cn3)c3nccnc23)c1F.COc1cc(OC)c(F)c(-c2ccc(C(=O)Nc3ccc(CN4CCNCC4)cn3)c3nccnc23)c1F.Cc1ccc(CN2CCN(Cc3ccc(N)nc3)CC2)cc1. The van der Waals surface area contributed by atoms with Crippen molar-refractivity contribution in [1.29, 1.82) is 0 Å². The number of amides is 2. The molecule has 9 heterocycles. The molecular weight excluding hydrogens is 1680 g/mol. The van der Waals surface area contributed by atoms with Crippen molar-refractivity contribution in [2.45, 2.75) is 53.5 Å². The maximum Gasteiger partial charge on any atom is 0.337 e. The Bertz CT molecular complexity index is 6260. The number of nitrogens with zero attached hydrogens (tertiary/aromatic N) is 14. The number of carbonyl (C=O) groups excluding carboxylic acids is 2. The van der Waals surface area contributed by atoms with Crippen molar-refractivity contribution in [3.63, 3.8) is 0 Å². The molecule has 3 saturated heterocycles. The molecule has 14 aromatic rings. The van der Waals surface area contributed by atoms with E-state index in [2.05, 4.69) is 154 Å². The smallest absolute Gasteiger partial charge is 0.337 e. The summed E-state index contributed by atoms with van der Waals surface area (Å²) in [5, 5.41) is 18.1. The number of nitrogens with one attached hydrogen (secondary N) is 3. The minimum absolute atomic E-state index is 0.0572. The summed E-state index contributed by atoms with van der Waals surface area (Å²) in [6.07, 6.45) is 13.6. The number of aromatic nitrogens is 9. The maximum atomic E-state index is 15.3. The van der Waals surface area contributed by atoms with Gasteiger partial charge in [0.1, 0.15) is 39.8 Å². The van der Waals surface area contributed by atoms with E-state index in [-0.39, 0.29) is 112 Å². The number of halogens is 6. The molecule has 0 saturated carbocycles. The lowest BCUT2D eigenvalue weighted by Crippen LogP contribution is -2.45. The highest BCUT2D eigenvalue weighted by atomic mass is 19.2. The molecule has 2 amide bonds. The lowest BCUT2D eigenvalue weighted by molar-refractivity contribution is 0.0698. The fourth-order valence-corrected chi connectivity index (χ4v) is 15.5. The van der Waals surface area contributed by atoms with Crippen LogP contribution in [0.15, 0.2) is 195 Å². The average Bonchev–Trinajstić information content (AvgIpc) is 0.760. The third-order valence-electron chi connectivity index (χ3n) is 22.5. The van der Waals surface area contributed by atoms with E-state index in [0.29, 0.717) is 17.5 Å². The highest BCUT2D eigenvalue weighted by Crippen LogP contribution is 2.44. The molecule has 0 bridgehead atoms. The molecule has 130 heavy (non-hydrogen) atoms. The minimum Gasteiger partial charge on any atom is -0.494 e. The molecule has 33 heteroatoms. The molecule has 3 aliphatic rings. The number of methoxy groups -OCH3 is 5. The van der Waals surface area contributed by atoms with Crippen LogP contribution in [0.3, 0.4) is 0 Å². The van der Waals surface area contributed by atoms with E-state index in [1.54, 1.807) is 24.5 Å². The predicted molar refractivity (Wildman–Crippen MR) is 484 cm³/mol. The Labute approximate surface area is 746 Å². The minimum atomic E-state index is -1.20. The Morgan fingerprint density at radius 2 is 0.646 bits per heavy atom. The Balaban J connectivity index is 0.000000146. The van der Waals surface area contributed by atoms with Gasteiger partial charge >= 0.3 is 5.97 Å². The number of carboxylic acid groups (broad SMARTS) is 1. The summed E-state index contributed by atoms with van der Waals surface area (Å²) in [5.41, 5.74) is 14.8. The maximum absolute atomic E-state index is 15.3. The fraction of sp³-hybridized carbons (Fsp3) is 0.258. The normalized spacial score (nSPS) is 13.8. The van der Waals surface area contributed by atoms with Crippen LogP contribution in [-0.2, 0) is 32.7 Å². The van der Waals surface area contributed by atoms with Crippen molar-refractivity contribution in [2.75, 3.05) is 130 Å². The number of anilines is 3. The molecular formula is C97H96F6N18O9. The largest absolute Gasteiger partial charge is 0.494 e. The highest BCUT2D eigenvalue weighted by Gasteiger charge is 2.30. The second kappa shape index (κ2) is 42.6. The van der Waals surface area contributed by atoms with Gasteiger partial charge in [0.2, 0.25) is 0 Å². The van der Waals surface area contributed by atoms with Crippen LogP contribution in [0, 0.1) is 55.7 Å². The van der Waals surface area contributed by atoms with Crippen LogP contribution in [-0.4, -0.2) is 206 Å². The summed E-state index contributed by atoms with van der Waals surface area (Å²) in [7, 11) is 6.39. The lowest BCUT2D eigenvalue weighted by atomic mass is 9.97. The van der Waals surface area contributed by atoms with Crippen molar-refractivity contribution >= 4 is 68.3 Å². The molecule has 6 aromatic heterocycles. The Morgan fingerprint density at radius 1 is 0.354 bits per heavy atom. The number of aryl methyl sites for hydroxylation is 3. The zero-order chi connectivity index (χ0) is 91.6. The van der Waals surface area contributed by atoms with Crippen molar-refractivity contribution < 1.29 is 69.5 Å². The first kappa shape index (κ1) is 92.0. The first-order valence-electron chi connectivity index (χ1n) is 41.8. The van der Waals surface area contributed by atoms with Gasteiger partial charge < -0.3 is 50.5 Å². The molecule has 0 atom stereocenters. The predicted octanol–water partition coefficient (Wildman–Crippen LogP) is 15.4. The Hall–Kier alpha value is -14.2. The van der Waals surface area contributed by atoms with Crippen LogP contribution >= 0.6 is 0 Å². The number of carboxylic acids is 1. The second-order valence-electron chi connectivity index (χ2n) is 31.2. The number of nitrogen functional groups attached to an aromatic ring is 1. The van der Waals surface area contributed by atoms with Gasteiger partial charge in [-0.2, -0.15) is 0 Å². The Kier molecular flexibility index (Phi) is 30.1. The summed E-state index contributed by atoms with van der Waals surface area (Å²) in [6, 6.07) is 40.8. The molecule has 3 aliphatic heterocycles. The zero-order valence-corrected chi connectivity index (χ0v) is 72.8. The van der Waals surface area contributed by atoms with Crippen LogP contribution < -0.4 is 45.4 Å². The van der Waals surface area contributed by atoms with Crippen LogP contribution in [0.2, 0.25) is 0 Å². The van der Waals surface area contributed by atoms with Crippen molar-refractivity contribution in [1.82, 2.24) is 74.7 Å². The highest BCUT2D eigenvalue weighted by molar-refractivity contribution is 6.14. The second-order valence-corrected chi connectivity index (χ2v) is 31.2. The number of rotatable bonds is 23. The number of piperazine rings is 3. The third kappa shape index (κ3) is 21.8. The van der Waals surface area contributed by atoms with E-state index in [1.165, 1.54) is 150 Å². The molecule has 3 fully saturated rings. The van der Waals surface area contributed by atoms with E-state index in [4.69, 9.17) is 29.4 Å². The lowest BCUT2D eigenvalue weighted by Gasteiger charge is -2.34. The van der Waals surface area contributed by atoms with Crippen molar-refractivity contribution in [3.05, 3.63) is 291 Å². The van der Waals surface area contributed by atoms with Crippen molar-refractivity contribution in [2.24, 2.45) is 0 Å². The summed E-state index contributed by atoms with van der Waals surface area (Å²) >= 11 is 0. The van der Waals surface area contributed by atoms with E-state index >= 15 is 17.6 Å². The van der Waals surface area contributed by atoms with E-state index < -0.39 is 58.3 Å². The van der Waals surface area contributed by atoms with Gasteiger partial charge in [0.15, 0.2) is 57.8 Å². The molecule has 8 aromatic carbocycles. The summed E-state index contributed by atoms with van der Waals surface area (Å²) in [5.74, 6) is -7.02. The number of benzene rings is 8. The average molecular weight is 1770 g/mol. The van der Waals surface area contributed by atoms with Gasteiger partial charge in [0.25, 0.3) is 11.8 Å². The van der Waals surface area contributed by atoms with Gasteiger partial charge in [0, 0.05) is 196 Å². The molecule has 6 N–H and O–H groups in total. The standard InChI is InChI=1S/C35H34F2N6O3.C27H26F2N6O3.C18H24N4.C17H12F2N2O3/c1-22-4-6-23(7-5-22)20-42-14-16-43(17-15-42)21-24-8-11-29(40-19-24)41-35(44)26-10-9-25(33-34(26)39-13-12-38-33)30-31(36)27(45-2)18-28(46-3)32(30)37;1-37-19-13-20(38-2)24(29)22(23(19)28)17-4-5-18(26-25(17)31-7-8-32-26)27(36)34-21-6-3-16(14-33-21)15-35-11-9-30-10-12-35;1-15-2-4-16(5-3-15)13-21-8-10-22(11-9-21)14-17-6-7-18(19)20-12-17;1-8-7-11(24-2)14(19)12(13(8)18)9-3-4-10(17(22)23)16-15(9)20-5-6-21-16/h4-13,18-19H,14-17,20-21H2,1-3H3,(H,40,41,44);3-8,13-14,30H,9-12,15H2,1-2H3,(H,33,34,36);2-7,12H,8-11,13-14H2,1H3,(H2,19,20);3-7H,1-2H3,(H,22,23). The van der Waals surface area contributed by atoms with Crippen LogP contribution in [0.5, 0.6) is 28.7 Å². The van der Waals surface area contributed by atoms with Gasteiger partial charge in [-0.1, -0.05) is 96.1 Å². The molecule has 17 rings (SSSR count). The summed E-state index contributed by atoms with van der Waals surface area (Å²) in [4.78, 5) is 88.4. The first-order valence-corrected chi connectivity index (χ1v) is 41.8. The zero-order valence-electron chi connectivity index (χ0n) is 72.8.